The molecule has 1 amide bonds. The lowest BCUT2D eigenvalue weighted by Gasteiger charge is -2.28. The van der Waals surface area contributed by atoms with Crippen molar-refractivity contribution >= 4 is 40.5 Å². The fourth-order valence-electron chi connectivity index (χ4n) is 5.67. The number of aryl methyl sites for hydroxylation is 2. The zero-order valence-electron chi connectivity index (χ0n) is 23.2. The molecule has 2 aromatic heterocycles. The second kappa shape index (κ2) is 11.8. The number of amides is 1. The maximum atomic E-state index is 13.1. The molecule has 0 saturated carbocycles. The van der Waals surface area contributed by atoms with Gasteiger partial charge in [-0.1, -0.05) is 48.9 Å². The number of nitrogens with zero attached hydrogens (tertiary/aromatic N) is 3. The fraction of sp³-hybridized carbons (Fsp3) is 0.281. The topological polar surface area (TPSA) is 62.2 Å². The Morgan fingerprint density at radius 2 is 1.85 bits per heavy atom. The molecule has 2 aromatic carbocycles. The summed E-state index contributed by atoms with van der Waals surface area (Å²) in [4.78, 5) is 19.9. The lowest BCUT2D eigenvalue weighted by Crippen LogP contribution is -2.33. The van der Waals surface area contributed by atoms with Gasteiger partial charge in [0.05, 0.1) is 17.8 Å². The SMILES string of the molecule is CCc1ccccc1NC(=O)CCN1C(=S)NC(c2ccccn2)C1c1cc(C)n(-c2cccc(Cl)c2C)c1C. The van der Waals surface area contributed by atoms with Crippen LogP contribution in [0, 0.1) is 20.8 Å². The van der Waals surface area contributed by atoms with E-state index in [2.05, 4.69) is 58.0 Å². The van der Waals surface area contributed by atoms with E-state index < -0.39 is 0 Å². The van der Waals surface area contributed by atoms with Crippen LogP contribution in [0.2, 0.25) is 5.02 Å². The molecule has 0 aliphatic carbocycles. The van der Waals surface area contributed by atoms with Gasteiger partial charge < -0.3 is 20.1 Å². The fourth-order valence-corrected chi connectivity index (χ4v) is 6.17. The Balaban J connectivity index is 1.49. The van der Waals surface area contributed by atoms with E-state index in [4.69, 9.17) is 23.8 Å². The molecule has 0 bridgehead atoms. The van der Waals surface area contributed by atoms with Crippen LogP contribution in [-0.2, 0) is 11.2 Å². The minimum Gasteiger partial charge on any atom is -0.352 e. The molecule has 5 rings (SSSR count). The number of hydrogen-bond donors (Lipinski definition) is 2. The first kappa shape index (κ1) is 27.9. The predicted molar refractivity (Wildman–Crippen MR) is 166 cm³/mol. The molecule has 2 unspecified atom stereocenters. The van der Waals surface area contributed by atoms with Crippen LogP contribution < -0.4 is 10.6 Å². The van der Waals surface area contributed by atoms with Crippen molar-refractivity contribution in [2.24, 2.45) is 0 Å². The lowest BCUT2D eigenvalue weighted by molar-refractivity contribution is -0.116. The van der Waals surface area contributed by atoms with Crippen molar-refractivity contribution < 1.29 is 4.79 Å². The summed E-state index contributed by atoms with van der Waals surface area (Å²) >= 11 is 12.4. The van der Waals surface area contributed by atoms with E-state index in [1.165, 1.54) is 0 Å². The summed E-state index contributed by atoms with van der Waals surface area (Å²) < 4.78 is 2.25. The van der Waals surface area contributed by atoms with Gasteiger partial charge in [0, 0.05) is 46.9 Å². The van der Waals surface area contributed by atoms with E-state index in [0.29, 0.717) is 18.1 Å². The van der Waals surface area contributed by atoms with Crippen molar-refractivity contribution in [1.29, 1.82) is 0 Å². The Kier molecular flexibility index (Phi) is 8.24. The van der Waals surface area contributed by atoms with Crippen molar-refractivity contribution in [2.75, 3.05) is 11.9 Å². The van der Waals surface area contributed by atoms with E-state index in [-0.39, 0.29) is 18.0 Å². The maximum absolute atomic E-state index is 13.1. The van der Waals surface area contributed by atoms with Gasteiger partial charge in [-0.05, 0) is 92.5 Å². The van der Waals surface area contributed by atoms with Crippen molar-refractivity contribution in [2.45, 2.75) is 52.6 Å². The molecule has 2 atom stereocenters. The van der Waals surface area contributed by atoms with Crippen LogP contribution in [0.15, 0.2) is 72.9 Å². The summed E-state index contributed by atoms with van der Waals surface area (Å²) in [7, 11) is 0. The molecule has 8 heteroatoms. The Morgan fingerprint density at radius 3 is 2.60 bits per heavy atom. The number of anilines is 1. The number of aromatic nitrogens is 2. The highest BCUT2D eigenvalue weighted by Gasteiger charge is 2.41. The number of halogens is 1. The zero-order valence-corrected chi connectivity index (χ0v) is 24.8. The summed E-state index contributed by atoms with van der Waals surface area (Å²) in [5.74, 6) is -0.0382. The molecular formula is C32H34ClN5OS. The highest BCUT2D eigenvalue weighted by atomic mass is 35.5. The summed E-state index contributed by atoms with van der Waals surface area (Å²) in [6.45, 7) is 8.84. The maximum Gasteiger partial charge on any atom is 0.226 e. The van der Waals surface area contributed by atoms with E-state index >= 15 is 0 Å². The molecule has 1 aliphatic rings. The second-order valence-corrected chi connectivity index (χ2v) is 11.0. The Bertz CT molecular complexity index is 1550. The van der Waals surface area contributed by atoms with Crippen LogP contribution in [0.3, 0.4) is 0 Å². The summed E-state index contributed by atoms with van der Waals surface area (Å²) in [6.07, 6.45) is 2.96. The van der Waals surface area contributed by atoms with Gasteiger partial charge >= 0.3 is 0 Å². The van der Waals surface area contributed by atoms with Gasteiger partial charge in [0.25, 0.3) is 0 Å². The highest BCUT2D eigenvalue weighted by Crippen LogP contribution is 2.42. The predicted octanol–water partition coefficient (Wildman–Crippen LogP) is 7.01. The number of hydrogen-bond acceptors (Lipinski definition) is 3. The zero-order chi connectivity index (χ0) is 28.4. The normalized spacial score (nSPS) is 16.7. The monoisotopic (exact) mass is 571 g/mol. The third-order valence-electron chi connectivity index (χ3n) is 7.72. The van der Waals surface area contributed by atoms with Crippen LogP contribution in [0.25, 0.3) is 5.69 Å². The Labute approximate surface area is 246 Å². The summed E-state index contributed by atoms with van der Waals surface area (Å²) in [5.41, 5.74) is 8.30. The van der Waals surface area contributed by atoms with Gasteiger partial charge in [0.2, 0.25) is 5.91 Å². The average Bonchev–Trinajstić information content (AvgIpc) is 3.44. The van der Waals surface area contributed by atoms with E-state index in [0.717, 1.165) is 56.6 Å². The summed E-state index contributed by atoms with van der Waals surface area (Å²) in [5, 5.41) is 7.96. The number of carbonyl (C=O) groups is 1. The quantitative estimate of drug-likeness (QED) is 0.223. The lowest BCUT2D eigenvalue weighted by atomic mass is 9.96. The van der Waals surface area contributed by atoms with E-state index in [1.807, 2.05) is 61.5 Å². The van der Waals surface area contributed by atoms with Gasteiger partial charge in [0.1, 0.15) is 0 Å². The molecular weight excluding hydrogens is 538 g/mol. The number of rotatable bonds is 8. The third kappa shape index (κ3) is 5.36. The van der Waals surface area contributed by atoms with Gasteiger partial charge in [-0.2, -0.15) is 0 Å². The molecule has 3 heterocycles. The number of carbonyl (C=O) groups excluding carboxylic acids is 1. The van der Waals surface area contributed by atoms with Crippen molar-refractivity contribution in [3.63, 3.8) is 0 Å². The van der Waals surface area contributed by atoms with Crippen LogP contribution >= 0.6 is 23.8 Å². The van der Waals surface area contributed by atoms with Gasteiger partial charge in [0.15, 0.2) is 5.11 Å². The molecule has 6 nitrogen and oxygen atoms in total. The molecule has 1 saturated heterocycles. The first-order chi connectivity index (χ1) is 19.3. The number of thiocarbonyl (C=S) groups is 1. The van der Waals surface area contributed by atoms with Crippen molar-refractivity contribution in [3.05, 3.63) is 112 Å². The van der Waals surface area contributed by atoms with Crippen LogP contribution in [0.5, 0.6) is 0 Å². The standard InChI is InChI=1S/C32H34ClN5OS/c1-5-23-11-6-7-13-26(23)35-29(39)16-18-37-31(30(36-32(37)40)27-14-8-9-17-34-27)24-19-20(2)38(22(24)4)28-15-10-12-25(33)21(28)3/h6-15,17,19,30-31H,5,16,18H2,1-4H3,(H,35,39)(H,36,40). The van der Waals surface area contributed by atoms with Gasteiger partial charge in [-0.25, -0.2) is 0 Å². The Morgan fingerprint density at radius 1 is 1.07 bits per heavy atom. The molecule has 4 aromatic rings. The van der Waals surface area contributed by atoms with Crippen LogP contribution in [0.1, 0.15) is 59.2 Å². The Hall–Kier alpha value is -3.68. The first-order valence-electron chi connectivity index (χ1n) is 13.6. The molecule has 206 valence electrons. The second-order valence-electron chi connectivity index (χ2n) is 10.2. The smallest absolute Gasteiger partial charge is 0.226 e. The molecule has 40 heavy (non-hydrogen) atoms. The average molecular weight is 572 g/mol. The minimum atomic E-state index is -0.160. The van der Waals surface area contributed by atoms with E-state index in [9.17, 15) is 4.79 Å². The number of benzene rings is 2. The number of nitrogens with one attached hydrogen (secondary N) is 2. The molecule has 1 aliphatic heterocycles. The van der Waals surface area contributed by atoms with Crippen molar-refractivity contribution in [1.82, 2.24) is 19.8 Å². The largest absolute Gasteiger partial charge is 0.352 e. The molecule has 1 fully saturated rings. The molecule has 0 radical (unpaired) electrons. The number of para-hydroxylation sites is 1. The molecule has 0 spiro atoms. The van der Waals surface area contributed by atoms with Gasteiger partial charge in [-0.3, -0.25) is 9.78 Å². The number of pyridine rings is 1. The van der Waals surface area contributed by atoms with Crippen molar-refractivity contribution in [3.8, 4) is 5.69 Å². The van der Waals surface area contributed by atoms with Gasteiger partial charge in [-0.15, -0.1) is 0 Å². The summed E-state index contributed by atoms with van der Waals surface area (Å²) in [6, 6.07) is 21.8. The first-order valence-corrected chi connectivity index (χ1v) is 14.4. The van der Waals surface area contributed by atoms with E-state index in [1.54, 1.807) is 6.20 Å². The van der Waals surface area contributed by atoms with Crippen LogP contribution in [-0.4, -0.2) is 32.0 Å². The van der Waals surface area contributed by atoms with Crippen LogP contribution in [0.4, 0.5) is 5.69 Å². The highest BCUT2D eigenvalue weighted by molar-refractivity contribution is 7.80. The third-order valence-corrected chi connectivity index (χ3v) is 8.48. The minimum absolute atomic E-state index is 0.0382. The molecule has 2 N–H and O–H groups in total.